The van der Waals surface area contributed by atoms with E-state index in [4.69, 9.17) is 11.6 Å². The fourth-order valence-electron chi connectivity index (χ4n) is 3.77. The van der Waals surface area contributed by atoms with E-state index >= 15 is 0 Å². The van der Waals surface area contributed by atoms with E-state index < -0.39 is 17.7 Å². The van der Waals surface area contributed by atoms with Gasteiger partial charge in [0.15, 0.2) is 4.34 Å². The third-order valence-electron chi connectivity index (χ3n) is 5.49. The Balaban J connectivity index is 1.54. The molecule has 1 aliphatic heterocycles. The Morgan fingerprint density at radius 1 is 1.06 bits per heavy atom. The molecule has 180 valence electrons. The van der Waals surface area contributed by atoms with Crippen molar-refractivity contribution < 1.29 is 14.7 Å². The number of carbonyl (C=O) groups is 2. The number of nitrogens with zero attached hydrogens (tertiary/aromatic N) is 4. The minimum absolute atomic E-state index is 0.0195. The number of aliphatic hydroxyl groups is 1. The van der Waals surface area contributed by atoms with Crippen LogP contribution in [0.4, 0.5) is 5.13 Å². The maximum absolute atomic E-state index is 13.3. The summed E-state index contributed by atoms with van der Waals surface area (Å²) in [5.74, 6) is -1.27. The molecule has 0 spiro atoms. The van der Waals surface area contributed by atoms with Gasteiger partial charge in [-0.25, -0.2) is 0 Å². The summed E-state index contributed by atoms with van der Waals surface area (Å²) in [5, 5.41) is 20.5. The molecule has 0 bridgehead atoms. The standard InChI is InChI=1S/C25H16BrClN4O3S2/c26-17-7-5-14(6-8-17)20-19(21(32)15-9-11-28-12-10-15)22(33)23(34)31(20)24-29-30-25(36-24)35-13-16-3-1-2-4-18(16)27/h1-12,20,32H,13H2/b21-19+. The molecule has 1 atom stereocenters. The smallest absolute Gasteiger partial charge is 0.301 e. The second-order valence-corrected chi connectivity index (χ2v) is 11.2. The van der Waals surface area contributed by atoms with Gasteiger partial charge in [-0.05, 0) is 41.5 Å². The number of rotatable bonds is 6. The van der Waals surface area contributed by atoms with Crippen molar-refractivity contribution >= 4 is 73.2 Å². The monoisotopic (exact) mass is 598 g/mol. The molecule has 36 heavy (non-hydrogen) atoms. The van der Waals surface area contributed by atoms with Gasteiger partial charge >= 0.3 is 5.91 Å². The fraction of sp³-hybridized carbons (Fsp3) is 0.0800. The maximum Gasteiger partial charge on any atom is 0.301 e. The van der Waals surface area contributed by atoms with Gasteiger partial charge in [-0.3, -0.25) is 19.5 Å². The molecular formula is C25H16BrClN4O3S2. The van der Waals surface area contributed by atoms with Crippen molar-refractivity contribution in [3.63, 3.8) is 0 Å². The van der Waals surface area contributed by atoms with Crippen LogP contribution in [0, 0.1) is 0 Å². The lowest BCUT2D eigenvalue weighted by molar-refractivity contribution is -0.132. The molecule has 0 saturated carbocycles. The normalized spacial score (nSPS) is 17.1. The van der Waals surface area contributed by atoms with Gasteiger partial charge in [0.05, 0.1) is 11.6 Å². The third-order valence-corrected chi connectivity index (χ3v) is 8.50. The van der Waals surface area contributed by atoms with Crippen LogP contribution in [-0.2, 0) is 15.3 Å². The Bertz CT molecular complexity index is 1480. The molecule has 1 unspecified atom stereocenters. The van der Waals surface area contributed by atoms with Crippen molar-refractivity contribution in [2.24, 2.45) is 0 Å². The molecule has 0 aliphatic carbocycles. The number of Topliss-reactive ketones (excluding diaryl/α,β-unsaturated/α-hetero) is 1. The third kappa shape index (κ3) is 4.81. The number of thioether (sulfide) groups is 1. The number of carbonyl (C=O) groups excluding carboxylic acids is 2. The summed E-state index contributed by atoms with van der Waals surface area (Å²) in [4.78, 5) is 31.7. The molecule has 5 rings (SSSR count). The van der Waals surface area contributed by atoms with Crippen LogP contribution in [0.15, 0.2) is 87.4 Å². The Hall–Kier alpha value is -3.05. The molecule has 0 radical (unpaired) electrons. The molecule has 1 aliphatic rings. The highest BCUT2D eigenvalue weighted by Gasteiger charge is 2.48. The highest BCUT2D eigenvalue weighted by atomic mass is 79.9. The number of hydrogen-bond donors (Lipinski definition) is 1. The summed E-state index contributed by atoms with van der Waals surface area (Å²) in [7, 11) is 0. The summed E-state index contributed by atoms with van der Waals surface area (Å²) in [6.07, 6.45) is 3.01. The number of ketones is 1. The van der Waals surface area contributed by atoms with Crippen LogP contribution in [0.5, 0.6) is 0 Å². The van der Waals surface area contributed by atoms with E-state index in [0.29, 0.717) is 26.2 Å². The lowest BCUT2D eigenvalue weighted by atomic mass is 9.96. The molecule has 1 amide bonds. The number of anilines is 1. The van der Waals surface area contributed by atoms with Gasteiger partial charge in [-0.15, -0.1) is 10.2 Å². The predicted octanol–water partition coefficient (Wildman–Crippen LogP) is 6.27. The molecular weight excluding hydrogens is 584 g/mol. The van der Waals surface area contributed by atoms with Crippen LogP contribution < -0.4 is 4.90 Å². The number of pyridine rings is 1. The quantitative estimate of drug-likeness (QED) is 0.0918. The highest BCUT2D eigenvalue weighted by molar-refractivity contribution is 9.10. The van der Waals surface area contributed by atoms with Gasteiger partial charge in [0.2, 0.25) is 5.13 Å². The minimum atomic E-state index is -0.874. The minimum Gasteiger partial charge on any atom is -0.507 e. The van der Waals surface area contributed by atoms with Crippen molar-refractivity contribution in [1.29, 1.82) is 0 Å². The number of benzene rings is 2. The van der Waals surface area contributed by atoms with Crippen LogP contribution in [0.1, 0.15) is 22.7 Å². The molecule has 7 nitrogen and oxygen atoms in total. The first-order valence-corrected chi connectivity index (χ1v) is 13.6. The zero-order valence-corrected chi connectivity index (χ0v) is 22.3. The van der Waals surface area contributed by atoms with Crippen molar-refractivity contribution in [3.05, 3.63) is 105 Å². The zero-order valence-electron chi connectivity index (χ0n) is 18.3. The molecule has 1 fully saturated rings. The van der Waals surface area contributed by atoms with E-state index in [1.165, 1.54) is 40.4 Å². The zero-order chi connectivity index (χ0) is 25.2. The summed E-state index contributed by atoms with van der Waals surface area (Å²) in [5.41, 5.74) is 1.97. The molecule has 2 aromatic carbocycles. The van der Waals surface area contributed by atoms with Crippen molar-refractivity contribution in [3.8, 4) is 0 Å². The first-order chi connectivity index (χ1) is 17.4. The largest absolute Gasteiger partial charge is 0.507 e. The van der Waals surface area contributed by atoms with E-state index in [1.54, 1.807) is 24.3 Å². The van der Waals surface area contributed by atoms with Crippen LogP contribution in [-0.4, -0.2) is 32.0 Å². The molecule has 11 heteroatoms. The van der Waals surface area contributed by atoms with Crippen molar-refractivity contribution in [2.75, 3.05) is 4.90 Å². The van der Waals surface area contributed by atoms with Crippen molar-refractivity contribution in [1.82, 2.24) is 15.2 Å². The van der Waals surface area contributed by atoms with Gasteiger partial charge in [0, 0.05) is 33.2 Å². The summed E-state index contributed by atoms with van der Waals surface area (Å²) in [6.45, 7) is 0. The SMILES string of the molecule is O=C1C(=O)N(c2nnc(SCc3ccccc3Cl)s2)C(c2ccc(Br)cc2)/C1=C(\O)c1ccncc1. The average molecular weight is 600 g/mol. The van der Waals surface area contributed by atoms with E-state index in [-0.39, 0.29) is 16.5 Å². The fourth-order valence-corrected chi connectivity index (χ4v) is 6.19. The second-order valence-electron chi connectivity index (χ2n) is 7.69. The Morgan fingerprint density at radius 3 is 2.50 bits per heavy atom. The van der Waals surface area contributed by atoms with Crippen LogP contribution in [0.2, 0.25) is 5.02 Å². The summed E-state index contributed by atoms with van der Waals surface area (Å²) in [6, 6.07) is 17.0. The van der Waals surface area contributed by atoms with Gasteiger partial charge in [0.1, 0.15) is 5.76 Å². The number of halogens is 2. The Morgan fingerprint density at radius 2 is 1.78 bits per heavy atom. The van der Waals surface area contributed by atoms with Gasteiger partial charge in [-0.1, -0.05) is 81.0 Å². The molecule has 2 aromatic heterocycles. The molecule has 3 heterocycles. The maximum atomic E-state index is 13.3. The highest BCUT2D eigenvalue weighted by Crippen LogP contribution is 2.44. The first-order valence-electron chi connectivity index (χ1n) is 10.6. The molecule has 4 aromatic rings. The predicted molar refractivity (Wildman–Crippen MR) is 144 cm³/mol. The second kappa shape index (κ2) is 10.5. The van der Waals surface area contributed by atoms with Gasteiger partial charge < -0.3 is 5.11 Å². The average Bonchev–Trinajstić information content (AvgIpc) is 3.46. The molecule has 1 N–H and O–H groups in total. The summed E-state index contributed by atoms with van der Waals surface area (Å²) < 4.78 is 1.46. The first kappa shape index (κ1) is 24.6. The Kier molecular flexibility index (Phi) is 7.20. The van der Waals surface area contributed by atoms with E-state index in [9.17, 15) is 14.7 Å². The van der Waals surface area contributed by atoms with Crippen LogP contribution in [0.25, 0.3) is 5.76 Å². The van der Waals surface area contributed by atoms with E-state index in [0.717, 1.165) is 10.0 Å². The van der Waals surface area contributed by atoms with Crippen LogP contribution in [0.3, 0.4) is 0 Å². The van der Waals surface area contributed by atoms with Gasteiger partial charge in [-0.2, -0.15) is 0 Å². The lowest BCUT2D eigenvalue weighted by Gasteiger charge is -2.22. The van der Waals surface area contributed by atoms with E-state index in [2.05, 4.69) is 31.1 Å². The number of amides is 1. The van der Waals surface area contributed by atoms with E-state index in [1.807, 2.05) is 36.4 Å². The lowest BCUT2D eigenvalue weighted by Crippen LogP contribution is -2.29. The number of aromatic nitrogens is 3. The molecule has 1 saturated heterocycles. The topological polar surface area (TPSA) is 96.3 Å². The Labute approximate surface area is 228 Å². The van der Waals surface area contributed by atoms with Gasteiger partial charge in [0.25, 0.3) is 5.78 Å². The van der Waals surface area contributed by atoms with Crippen LogP contribution >= 0.6 is 50.6 Å². The number of hydrogen-bond acceptors (Lipinski definition) is 8. The summed E-state index contributed by atoms with van der Waals surface area (Å²) >= 11 is 12.3. The van der Waals surface area contributed by atoms with Crippen molar-refractivity contribution in [2.45, 2.75) is 16.1 Å². The number of aliphatic hydroxyl groups excluding tert-OH is 1.